The van der Waals surface area contributed by atoms with Gasteiger partial charge in [-0.1, -0.05) is 12.8 Å². The number of nitrogens with zero attached hydrogens (tertiary/aromatic N) is 5. The normalized spacial score (nSPS) is 25.4. The minimum absolute atomic E-state index is 0.0390. The van der Waals surface area contributed by atoms with Crippen LogP contribution < -0.4 is 5.32 Å². The van der Waals surface area contributed by atoms with Crippen molar-refractivity contribution in [3.05, 3.63) is 12.2 Å². The Hall–Kier alpha value is -2.32. The Morgan fingerprint density at radius 3 is 2.86 bits per heavy atom. The number of aromatic nitrogens is 4. The number of aryl methyl sites for hydroxylation is 1. The number of amides is 1. The second-order valence-electron chi connectivity index (χ2n) is 8.65. The molecule has 1 spiro atoms. The van der Waals surface area contributed by atoms with Crippen LogP contribution in [-0.2, 0) is 11.3 Å². The minimum Gasteiger partial charge on any atom is -0.364 e. The SMILES string of the molecule is CCn1c(C(F)F)nc2c(N[C@H]3CCN(C(=O)C4CC45CCCC5)C3)ncnc21. The molecule has 5 rings (SSSR count). The largest absolute Gasteiger partial charge is 0.364 e. The zero-order valence-corrected chi connectivity index (χ0v) is 16.6. The molecule has 7 nitrogen and oxygen atoms in total. The number of alkyl halides is 2. The number of halogens is 2. The molecule has 1 unspecified atom stereocenters. The molecule has 3 aliphatic rings. The van der Waals surface area contributed by atoms with E-state index in [2.05, 4.69) is 20.3 Å². The Morgan fingerprint density at radius 2 is 2.14 bits per heavy atom. The predicted molar refractivity (Wildman–Crippen MR) is 104 cm³/mol. The van der Waals surface area contributed by atoms with Gasteiger partial charge < -0.3 is 14.8 Å². The summed E-state index contributed by atoms with van der Waals surface area (Å²) in [4.78, 5) is 27.4. The molecular formula is C20H26F2N6O. The lowest BCUT2D eigenvalue weighted by Gasteiger charge is -2.19. The van der Waals surface area contributed by atoms with Gasteiger partial charge in [0.05, 0.1) is 0 Å². The van der Waals surface area contributed by atoms with E-state index in [1.54, 1.807) is 6.92 Å². The van der Waals surface area contributed by atoms with E-state index in [0.717, 1.165) is 19.4 Å². The van der Waals surface area contributed by atoms with Crippen molar-refractivity contribution in [3.63, 3.8) is 0 Å². The highest BCUT2D eigenvalue weighted by Gasteiger charge is 2.59. The molecule has 2 aromatic rings. The van der Waals surface area contributed by atoms with Gasteiger partial charge in [0.25, 0.3) is 6.43 Å². The highest BCUT2D eigenvalue weighted by molar-refractivity contribution is 5.84. The second-order valence-corrected chi connectivity index (χ2v) is 8.65. The fraction of sp³-hybridized carbons (Fsp3) is 0.700. The van der Waals surface area contributed by atoms with Crippen LogP contribution in [0.15, 0.2) is 6.33 Å². The van der Waals surface area contributed by atoms with Gasteiger partial charge in [-0.2, -0.15) is 0 Å². The van der Waals surface area contributed by atoms with E-state index in [0.29, 0.717) is 41.4 Å². The summed E-state index contributed by atoms with van der Waals surface area (Å²) >= 11 is 0. The number of carbonyl (C=O) groups excluding carboxylic acids is 1. The Labute approximate surface area is 167 Å². The molecule has 1 N–H and O–H groups in total. The number of likely N-dealkylation sites (tertiary alicyclic amines) is 1. The number of hydrogen-bond acceptors (Lipinski definition) is 5. The van der Waals surface area contributed by atoms with Crippen LogP contribution in [0.2, 0.25) is 0 Å². The molecule has 3 heterocycles. The van der Waals surface area contributed by atoms with Crippen LogP contribution >= 0.6 is 0 Å². The van der Waals surface area contributed by atoms with Gasteiger partial charge in [-0.25, -0.2) is 23.7 Å². The van der Waals surface area contributed by atoms with E-state index in [4.69, 9.17) is 0 Å². The summed E-state index contributed by atoms with van der Waals surface area (Å²) < 4.78 is 28.1. The Bertz CT molecular complexity index is 938. The highest BCUT2D eigenvalue weighted by atomic mass is 19.3. The molecule has 1 saturated heterocycles. The van der Waals surface area contributed by atoms with Crippen LogP contribution in [-0.4, -0.2) is 49.5 Å². The van der Waals surface area contributed by atoms with E-state index >= 15 is 0 Å². The van der Waals surface area contributed by atoms with Gasteiger partial charge in [-0.15, -0.1) is 0 Å². The predicted octanol–water partition coefficient (Wildman–Crippen LogP) is 3.38. The summed E-state index contributed by atoms with van der Waals surface area (Å²) in [5, 5.41) is 3.33. The molecule has 2 atom stereocenters. The molecule has 2 saturated carbocycles. The molecule has 2 aliphatic carbocycles. The van der Waals surface area contributed by atoms with Crippen LogP contribution in [0.25, 0.3) is 11.2 Å². The molecule has 1 amide bonds. The van der Waals surface area contributed by atoms with E-state index in [1.807, 2.05) is 4.90 Å². The summed E-state index contributed by atoms with van der Waals surface area (Å²) in [6.45, 7) is 3.50. The molecule has 0 bridgehead atoms. The molecule has 1 aliphatic heterocycles. The van der Waals surface area contributed by atoms with Gasteiger partial charge >= 0.3 is 0 Å². The van der Waals surface area contributed by atoms with Crippen LogP contribution in [0.1, 0.15) is 57.7 Å². The lowest BCUT2D eigenvalue weighted by Crippen LogP contribution is -2.33. The first-order valence-corrected chi connectivity index (χ1v) is 10.6. The number of rotatable bonds is 5. The number of fused-ring (bicyclic) bond motifs is 1. The molecule has 156 valence electrons. The summed E-state index contributed by atoms with van der Waals surface area (Å²) in [5.41, 5.74) is 1.08. The van der Waals surface area contributed by atoms with Gasteiger partial charge in [0.15, 0.2) is 22.8 Å². The van der Waals surface area contributed by atoms with E-state index in [-0.39, 0.29) is 17.8 Å². The van der Waals surface area contributed by atoms with Gasteiger partial charge in [-0.05, 0) is 38.0 Å². The van der Waals surface area contributed by atoms with Crippen molar-refractivity contribution in [2.24, 2.45) is 11.3 Å². The fourth-order valence-corrected chi connectivity index (χ4v) is 5.36. The molecule has 2 aromatic heterocycles. The highest BCUT2D eigenvalue weighted by Crippen LogP contribution is 2.63. The maximum absolute atomic E-state index is 13.3. The van der Waals surface area contributed by atoms with Gasteiger partial charge in [0, 0.05) is 31.6 Å². The third-order valence-electron chi connectivity index (χ3n) is 7.00. The number of carbonyl (C=O) groups is 1. The Kier molecular flexibility index (Phi) is 4.43. The zero-order valence-electron chi connectivity index (χ0n) is 16.6. The van der Waals surface area contributed by atoms with Gasteiger partial charge in [0.2, 0.25) is 5.91 Å². The average molecular weight is 404 g/mol. The Morgan fingerprint density at radius 1 is 1.34 bits per heavy atom. The quantitative estimate of drug-likeness (QED) is 0.827. The average Bonchev–Trinajstić information content (AvgIpc) is 3.09. The van der Waals surface area contributed by atoms with Crippen LogP contribution in [0.4, 0.5) is 14.6 Å². The topological polar surface area (TPSA) is 75.9 Å². The number of anilines is 1. The van der Waals surface area contributed by atoms with Crippen molar-refractivity contribution in [2.75, 3.05) is 18.4 Å². The van der Waals surface area contributed by atoms with Crippen LogP contribution in [0, 0.1) is 11.3 Å². The summed E-state index contributed by atoms with van der Waals surface area (Å²) in [5.74, 6) is 0.676. The standard InChI is InChI=1S/C20H26F2N6O/c1-2-28-17-14(26-18(28)15(21)22)16(23-11-24-17)25-12-5-8-27(10-12)19(29)13-9-20(13)6-3-4-7-20/h11-13,15H,2-10H2,1H3,(H,23,24,25)/t12-,13?/m0/s1. The van der Waals surface area contributed by atoms with Crippen molar-refractivity contribution >= 4 is 22.9 Å². The third-order valence-corrected chi connectivity index (χ3v) is 7.00. The molecule has 0 radical (unpaired) electrons. The molecule has 0 aromatic carbocycles. The van der Waals surface area contributed by atoms with Crippen molar-refractivity contribution in [1.29, 1.82) is 0 Å². The number of nitrogens with one attached hydrogen (secondary N) is 1. The molecule has 3 fully saturated rings. The van der Waals surface area contributed by atoms with E-state index in [9.17, 15) is 13.6 Å². The molecule has 9 heteroatoms. The van der Waals surface area contributed by atoms with E-state index in [1.165, 1.54) is 36.6 Å². The fourth-order valence-electron chi connectivity index (χ4n) is 5.36. The minimum atomic E-state index is -2.67. The smallest absolute Gasteiger partial charge is 0.295 e. The number of hydrogen-bond donors (Lipinski definition) is 1. The first-order valence-electron chi connectivity index (χ1n) is 10.6. The lowest BCUT2D eigenvalue weighted by molar-refractivity contribution is -0.132. The van der Waals surface area contributed by atoms with Crippen molar-refractivity contribution in [3.8, 4) is 0 Å². The van der Waals surface area contributed by atoms with E-state index < -0.39 is 6.43 Å². The van der Waals surface area contributed by atoms with Gasteiger partial charge in [0.1, 0.15) is 6.33 Å². The zero-order chi connectivity index (χ0) is 20.2. The molecular weight excluding hydrogens is 378 g/mol. The summed E-state index contributed by atoms with van der Waals surface area (Å²) in [6, 6.07) is 0.0390. The maximum Gasteiger partial charge on any atom is 0.295 e. The Balaban J connectivity index is 1.30. The third kappa shape index (κ3) is 3.05. The van der Waals surface area contributed by atoms with Crippen molar-refractivity contribution in [1.82, 2.24) is 24.4 Å². The van der Waals surface area contributed by atoms with Crippen LogP contribution in [0.5, 0.6) is 0 Å². The number of imidazole rings is 1. The first kappa shape index (κ1) is 18.7. The lowest BCUT2D eigenvalue weighted by atomic mass is 10.0. The first-order chi connectivity index (χ1) is 14.0. The summed E-state index contributed by atoms with van der Waals surface area (Å²) in [6.07, 6.45) is 5.48. The second kappa shape index (κ2) is 6.88. The van der Waals surface area contributed by atoms with Crippen LogP contribution in [0.3, 0.4) is 0 Å². The summed E-state index contributed by atoms with van der Waals surface area (Å²) in [7, 11) is 0. The van der Waals surface area contributed by atoms with Crippen molar-refractivity contribution < 1.29 is 13.6 Å². The maximum atomic E-state index is 13.3. The van der Waals surface area contributed by atoms with Gasteiger partial charge in [-0.3, -0.25) is 4.79 Å². The monoisotopic (exact) mass is 404 g/mol. The molecule has 29 heavy (non-hydrogen) atoms. The van der Waals surface area contributed by atoms with Crippen molar-refractivity contribution in [2.45, 2.75) is 64.5 Å².